The van der Waals surface area contributed by atoms with Crippen LogP contribution in [0, 0.1) is 0 Å². The molecule has 1 heterocycles. The lowest BCUT2D eigenvalue weighted by Crippen LogP contribution is -2.32. The highest BCUT2D eigenvalue weighted by Crippen LogP contribution is 2.26. The van der Waals surface area contributed by atoms with E-state index in [-0.39, 0.29) is 25.0 Å². The predicted octanol–water partition coefficient (Wildman–Crippen LogP) is 3.91. The second kappa shape index (κ2) is 9.39. The van der Waals surface area contributed by atoms with Crippen molar-refractivity contribution < 1.29 is 9.53 Å². The lowest BCUT2D eigenvalue weighted by molar-refractivity contribution is -0.122. The van der Waals surface area contributed by atoms with Gasteiger partial charge in [0.1, 0.15) is 18.4 Å². The average molecular weight is 405 g/mol. The molecule has 6 nitrogen and oxygen atoms in total. The smallest absolute Gasteiger partial charge is 0.223 e. The minimum atomic E-state index is -0.217. The number of nitrogens with zero attached hydrogens (tertiary/aromatic N) is 3. The van der Waals surface area contributed by atoms with Crippen molar-refractivity contribution in [3.05, 3.63) is 76.8 Å². The Bertz CT molecular complexity index is 873. The molecule has 0 saturated heterocycles. The van der Waals surface area contributed by atoms with Gasteiger partial charge in [-0.05, 0) is 17.7 Å². The number of aromatic nitrogens is 3. The van der Waals surface area contributed by atoms with Crippen molar-refractivity contribution in [1.29, 1.82) is 0 Å². The number of benzene rings is 2. The van der Waals surface area contributed by atoms with Crippen LogP contribution < -0.4 is 10.1 Å². The highest BCUT2D eigenvalue weighted by atomic mass is 35.5. The van der Waals surface area contributed by atoms with Crippen LogP contribution in [0.2, 0.25) is 10.0 Å². The summed E-state index contributed by atoms with van der Waals surface area (Å²) in [6.07, 6.45) is 3.30. The molecule has 0 aliphatic rings. The van der Waals surface area contributed by atoms with E-state index >= 15 is 0 Å². The molecule has 3 aromatic rings. The molecule has 140 valence electrons. The van der Waals surface area contributed by atoms with Crippen molar-refractivity contribution in [2.75, 3.05) is 6.61 Å². The second-order valence-electron chi connectivity index (χ2n) is 5.82. The summed E-state index contributed by atoms with van der Waals surface area (Å²) in [5, 5.41) is 8.01. The number of nitrogens with one attached hydrogen (secondary N) is 1. The third-order valence-corrected chi connectivity index (χ3v) is 4.60. The third kappa shape index (κ3) is 5.70. The van der Waals surface area contributed by atoms with Crippen molar-refractivity contribution in [3.8, 4) is 5.75 Å². The molecule has 1 atom stereocenters. The Balaban J connectivity index is 1.56. The zero-order valence-electron chi connectivity index (χ0n) is 14.4. The van der Waals surface area contributed by atoms with E-state index in [0.717, 1.165) is 5.56 Å². The summed E-state index contributed by atoms with van der Waals surface area (Å²) in [4.78, 5) is 16.3. The quantitative estimate of drug-likeness (QED) is 0.617. The molecule has 0 saturated carbocycles. The maximum Gasteiger partial charge on any atom is 0.223 e. The topological polar surface area (TPSA) is 69.0 Å². The van der Waals surface area contributed by atoms with E-state index in [1.54, 1.807) is 29.2 Å². The second-order valence-corrected chi connectivity index (χ2v) is 6.64. The Hall–Kier alpha value is -2.57. The summed E-state index contributed by atoms with van der Waals surface area (Å²) < 4.78 is 7.26. The number of halogens is 2. The molecule has 0 radical (unpaired) electrons. The number of hydrogen-bond donors (Lipinski definition) is 1. The van der Waals surface area contributed by atoms with E-state index in [0.29, 0.717) is 22.3 Å². The largest absolute Gasteiger partial charge is 0.493 e. The average Bonchev–Trinajstić information content (AvgIpc) is 3.18. The van der Waals surface area contributed by atoms with E-state index in [9.17, 15) is 4.79 Å². The molecule has 1 N–H and O–H groups in total. The Morgan fingerprint density at radius 2 is 1.96 bits per heavy atom. The molecule has 0 aliphatic carbocycles. The maximum absolute atomic E-state index is 12.4. The first-order valence-corrected chi connectivity index (χ1v) is 9.12. The molecule has 1 aromatic heterocycles. The molecule has 0 aliphatic heterocycles. The molecule has 0 fully saturated rings. The maximum atomic E-state index is 12.4. The van der Waals surface area contributed by atoms with Crippen LogP contribution in [-0.2, 0) is 11.3 Å². The fraction of sp³-hybridized carbons (Fsp3) is 0.211. The van der Waals surface area contributed by atoms with Gasteiger partial charge in [-0.3, -0.25) is 9.48 Å². The molecule has 2 aromatic carbocycles. The molecule has 8 heteroatoms. The van der Waals surface area contributed by atoms with Gasteiger partial charge in [-0.15, -0.1) is 0 Å². The molecule has 0 spiro atoms. The van der Waals surface area contributed by atoms with Gasteiger partial charge < -0.3 is 10.1 Å². The number of amides is 1. The van der Waals surface area contributed by atoms with Crippen LogP contribution in [0.5, 0.6) is 5.75 Å². The first-order chi connectivity index (χ1) is 13.1. The minimum Gasteiger partial charge on any atom is -0.493 e. The van der Waals surface area contributed by atoms with E-state index < -0.39 is 0 Å². The Labute approximate surface area is 167 Å². The van der Waals surface area contributed by atoms with Crippen molar-refractivity contribution in [2.24, 2.45) is 0 Å². The standard InChI is InChI=1S/C19H18Cl2N4O2/c20-16-7-6-15(10-17(16)21)27-9-8-19(26)24-18(11-25-13-22-12-23-25)14-4-2-1-3-5-14/h1-7,10,12-13,18H,8-9,11H2,(H,24,26). The zero-order chi connectivity index (χ0) is 19.1. The monoisotopic (exact) mass is 404 g/mol. The summed E-state index contributed by atoms with van der Waals surface area (Å²) in [7, 11) is 0. The van der Waals surface area contributed by atoms with Crippen LogP contribution in [0.4, 0.5) is 0 Å². The minimum absolute atomic E-state index is 0.121. The van der Waals surface area contributed by atoms with Gasteiger partial charge in [-0.25, -0.2) is 4.98 Å². The van der Waals surface area contributed by atoms with Gasteiger partial charge in [0.15, 0.2) is 0 Å². The number of carbonyl (C=O) groups is 1. The predicted molar refractivity (Wildman–Crippen MR) is 104 cm³/mol. The summed E-state index contributed by atoms with van der Waals surface area (Å²) >= 11 is 11.8. The summed E-state index contributed by atoms with van der Waals surface area (Å²) in [5.74, 6) is 0.448. The fourth-order valence-electron chi connectivity index (χ4n) is 2.53. The van der Waals surface area contributed by atoms with E-state index in [1.165, 1.54) is 6.33 Å². The fourth-order valence-corrected chi connectivity index (χ4v) is 2.82. The molecule has 1 amide bonds. The highest BCUT2D eigenvalue weighted by Gasteiger charge is 2.15. The van der Waals surface area contributed by atoms with Crippen LogP contribution in [0.1, 0.15) is 18.0 Å². The number of rotatable bonds is 8. The summed E-state index contributed by atoms with van der Waals surface area (Å²) in [6.45, 7) is 0.720. The zero-order valence-corrected chi connectivity index (χ0v) is 15.9. The lowest BCUT2D eigenvalue weighted by Gasteiger charge is -2.19. The van der Waals surface area contributed by atoms with Crippen LogP contribution in [0.25, 0.3) is 0 Å². The first-order valence-electron chi connectivity index (χ1n) is 8.36. The van der Waals surface area contributed by atoms with E-state index in [2.05, 4.69) is 15.4 Å². The van der Waals surface area contributed by atoms with Gasteiger partial charge in [0.25, 0.3) is 0 Å². The summed E-state index contributed by atoms with van der Waals surface area (Å²) in [6, 6.07) is 14.5. The molecule has 0 bridgehead atoms. The van der Waals surface area contributed by atoms with Gasteiger partial charge in [-0.2, -0.15) is 5.10 Å². The number of hydrogen-bond acceptors (Lipinski definition) is 4. The summed E-state index contributed by atoms with van der Waals surface area (Å²) in [5.41, 5.74) is 0.992. The van der Waals surface area contributed by atoms with Crippen LogP contribution in [-0.4, -0.2) is 27.3 Å². The molecule has 3 rings (SSSR count). The van der Waals surface area contributed by atoms with Crippen LogP contribution >= 0.6 is 23.2 Å². The third-order valence-electron chi connectivity index (χ3n) is 3.86. The van der Waals surface area contributed by atoms with Crippen LogP contribution in [0.15, 0.2) is 61.2 Å². The number of ether oxygens (including phenoxy) is 1. The van der Waals surface area contributed by atoms with Gasteiger partial charge >= 0.3 is 0 Å². The first kappa shape index (κ1) is 19.2. The molecular weight excluding hydrogens is 387 g/mol. The molecule has 1 unspecified atom stereocenters. The Kier molecular flexibility index (Phi) is 6.68. The van der Waals surface area contributed by atoms with E-state index in [4.69, 9.17) is 27.9 Å². The van der Waals surface area contributed by atoms with Crippen molar-refractivity contribution in [2.45, 2.75) is 19.0 Å². The van der Waals surface area contributed by atoms with Gasteiger partial charge in [0, 0.05) is 6.07 Å². The van der Waals surface area contributed by atoms with Gasteiger partial charge in [-0.1, -0.05) is 53.5 Å². The van der Waals surface area contributed by atoms with Crippen molar-refractivity contribution in [3.63, 3.8) is 0 Å². The molecule has 27 heavy (non-hydrogen) atoms. The Morgan fingerprint density at radius 3 is 2.67 bits per heavy atom. The van der Waals surface area contributed by atoms with E-state index in [1.807, 2.05) is 30.3 Å². The van der Waals surface area contributed by atoms with Crippen LogP contribution in [0.3, 0.4) is 0 Å². The van der Waals surface area contributed by atoms with Gasteiger partial charge in [0.05, 0.1) is 35.7 Å². The molecular formula is C19H18Cl2N4O2. The Morgan fingerprint density at radius 1 is 1.15 bits per heavy atom. The van der Waals surface area contributed by atoms with Crippen molar-refractivity contribution in [1.82, 2.24) is 20.1 Å². The normalized spacial score (nSPS) is 11.8. The highest BCUT2D eigenvalue weighted by molar-refractivity contribution is 6.42. The van der Waals surface area contributed by atoms with Gasteiger partial charge in [0.2, 0.25) is 5.91 Å². The SMILES string of the molecule is O=C(CCOc1ccc(Cl)c(Cl)c1)NC(Cn1cncn1)c1ccccc1. The number of carbonyl (C=O) groups excluding carboxylic acids is 1. The lowest BCUT2D eigenvalue weighted by atomic mass is 10.1. The van der Waals surface area contributed by atoms with Crippen molar-refractivity contribution >= 4 is 29.1 Å².